The van der Waals surface area contributed by atoms with E-state index in [9.17, 15) is 9.90 Å². The number of rotatable bonds is 6. The molecule has 2 heterocycles. The molecule has 0 saturated carbocycles. The SMILES string of the molecule is O=C(NC(CCO)c1ccccc1)c1ncoc1-c1cccs1. The maximum atomic E-state index is 12.6. The highest BCUT2D eigenvalue weighted by Crippen LogP contribution is 2.28. The van der Waals surface area contributed by atoms with Crippen LogP contribution in [0.1, 0.15) is 28.5 Å². The Hall–Kier alpha value is -2.44. The van der Waals surface area contributed by atoms with Gasteiger partial charge in [-0.25, -0.2) is 4.98 Å². The largest absolute Gasteiger partial charge is 0.442 e. The highest BCUT2D eigenvalue weighted by molar-refractivity contribution is 7.13. The molecule has 3 aromatic rings. The molecule has 5 nitrogen and oxygen atoms in total. The van der Waals surface area contributed by atoms with Crippen LogP contribution in [-0.2, 0) is 0 Å². The molecule has 2 aromatic heterocycles. The van der Waals surface area contributed by atoms with Crippen LogP contribution in [-0.4, -0.2) is 22.6 Å². The highest BCUT2D eigenvalue weighted by atomic mass is 32.1. The average Bonchev–Trinajstić information content (AvgIpc) is 3.26. The van der Waals surface area contributed by atoms with E-state index in [-0.39, 0.29) is 24.2 Å². The minimum Gasteiger partial charge on any atom is -0.442 e. The first-order valence-electron chi connectivity index (χ1n) is 7.23. The Morgan fingerprint density at radius 1 is 1.26 bits per heavy atom. The summed E-state index contributed by atoms with van der Waals surface area (Å²) in [5.74, 6) is 0.151. The Kier molecular flexibility index (Phi) is 4.85. The van der Waals surface area contributed by atoms with Crippen molar-refractivity contribution in [2.24, 2.45) is 0 Å². The van der Waals surface area contributed by atoms with E-state index in [2.05, 4.69) is 10.3 Å². The number of hydrogen-bond acceptors (Lipinski definition) is 5. The molecule has 23 heavy (non-hydrogen) atoms. The number of aliphatic hydroxyl groups excluding tert-OH is 1. The molecule has 1 unspecified atom stereocenters. The summed E-state index contributed by atoms with van der Waals surface area (Å²) in [5, 5.41) is 14.1. The second-order valence-electron chi connectivity index (χ2n) is 4.96. The molecule has 1 atom stereocenters. The lowest BCUT2D eigenvalue weighted by Crippen LogP contribution is -2.29. The number of benzene rings is 1. The second kappa shape index (κ2) is 7.21. The molecule has 3 rings (SSSR count). The molecular weight excluding hydrogens is 312 g/mol. The first kappa shape index (κ1) is 15.5. The summed E-state index contributed by atoms with van der Waals surface area (Å²) < 4.78 is 5.37. The van der Waals surface area contributed by atoms with Crippen LogP contribution in [0.15, 0.2) is 58.7 Å². The summed E-state index contributed by atoms with van der Waals surface area (Å²) in [6.45, 7) is -0.0174. The molecule has 0 saturated heterocycles. The zero-order valence-corrected chi connectivity index (χ0v) is 13.1. The summed E-state index contributed by atoms with van der Waals surface area (Å²) in [6.07, 6.45) is 1.70. The Labute approximate surface area is 137 Å². The summed E-state index contributed by atoms with van der Waals surface area (Å²) in [6, 6.07) is 13.0. The predicted molar refractivity (Wildman–Crippen MR) is 88.2 cm³/mol. The minimum absolute atomic E-state index is 0.0174. The fourth-order valence-corrected chi connectivity index (χ4v) is 3.07. The first-order chi connectivity index (χ1) is 11.3. The zero-order valence-electron chi connectivity index (χ0n) is 12.3. The number of carbonyl (C=O) groups is 1. The van der Waals surface area contributed by atoms with Crippen molar-refractivity contribution in [2.45, 2.75) is 12.5 Å². The van der Waals surface area contributed by atoms with Crippen LogP contribution in [0, 0.1) is 0 Å². The fourth-order valence-electron chi connectivity index (χ4n) is 2.35. The normalized spacial score (nSPS) is 12.0. The number of nitrogens with zero attached hydrogens (tertiary/aromatic N) is 1. The molecule has 0 spiro atoms. The van der Waals surface area contributed by atoms with Gasteiger partial charge in [0.1, 0.15) is 0 Å². The number of thiophene rings is 1. The molecule has 0 fully saturated rings. The zero-order chi connectivity index (χ0) is 16.1. The van der Waals surface area contributed by atoms with Crippen LogP contribution in [0.25, 0.3) is 10.6 Å². The molecule has 6 heteroatoms. The van der Waals surface area contributed by atoms with Crippen molar-refractivity contribution in [3.8, 4) is 10.6 Å². The van der Waals surface area contributed by atoms with Gasteiger partial charge in [0, 0.05) is 6.61 Å². The first-order valence-corrected chi connectivity index (χ1v) is 8.11. The van der Waals surface area contributed by atoms with E-state index in [1.807, 2.05) is 47.8 Å². The molecule has 0 aliphatic rings. The van der Waals surface area contributed by atoms with Crippen LogP contribution >= 0.6 is 11.3 Å². The molecule has 1 amide bonds. The van der Waals surface area contributed by atoms with Gasteiger partial charge in [-0.1, -0.05) is 36.4 Å². The summed E-state index contributed by atoms with van der Waals surface area (Å²) in [7, 11) is 0. The van der Waals surface area contributed by atoms with E-state index in [0.29, 0.717) is 12.2 Å². The van der Waals surface area contributed by atoms with Crippen molar-refractivity contribution in [3.05, 3.63) is 65.5 Å². The Morgan fingerprint density at radius 2 is 2.09 bits per heavy atom. The van der Waals surface area contributed by atoms with Crippen LogP contribution < -0.4 is 5.32 Å². The van der Waals surface area contributed by atoms with Crippen molar-refractivity contribution in [1.82, 2.24) is 10.3 Å². The van der Waals surface area contributed by atoms with Crippen LogP contribution in [0.4, 0.5) is 0 Å². The molecule has 0 radical (unpaired) electrons. The minimum atomic E-state index is -0.315. The predicted octanol–water partition coefficient (Wildman–Crippen LogP) is 3.26. The van der Waals surface area contributed by atoms with Gasteiger partial charge >= 0.3 is 0 Å². The van der Waals surface area contributed by atoms with Gasteiger partial charge in [0.25, 0.3) is 5.91 Å². The van der Waals surface area contributed by atoms with Crippen LogP contribution in [0.3, 0.4) is 0 Å². The average molecular weight is 328 g/mol. The highest BCUT2D eigenvalue weighted by Gasteiger charge is 2.22. The smallest absolute Gasteiger partial charge is 0.274 e. The van der Waals surface area contributed by atoms with Gasteiger partial charge in [-0.2, -0.15) is 0 Å². The van der Waals surface area contributed by atoms with Crippen LogP contribution in [0.2, 0.25) is 0 Å². The van der Waals surface area contributed by atoms with Crippen molar-refractivity contribution < 1.29 is 14.3 Å². The number of oxazole rings is 1. The van der Waals surface area contributed by atoms with Gasteiger partial charge in [-0.15, -0.1) is 11.3 Å². The standard InChI is InChI=1S/C17H16N2O3S/c20-9-8-13(12-5-2-1-3-6-12)19-17(21)15-16(22-11-18-15)14-7-4-10-23-14/h1-7,10-11,13,20H,8-9H2,(H,19,21). The molecule has 118 valence electrons. The molecule has 0 aliphatic carbocycles. The van der Waals surface area contributed by atoms with Crippen molar-refractivity contribution in [1.29, 1.82) is 0 Å². The Morgan fingerprint density at radius 3 is 2.78 bits per heavy atom. The van der Waals surface area contributed by atoms with Gasteiger partial charge in [0.15, 0.2) is 17.8 Å². The number of hydrogen-bond donors (Lipinski definition) is 2. The van der Waals surface area contributed by atoms with E-state index < -0.39 is 0 Å². The quantitative estimate of drug-likeness (QED) is 0.728. The monoisotopic (exact) mass is 328 g/mol. The lowest BCUT2D eigenvalue weighted by atomic mass is 10.0. The van der Waals surface area contributed by atoms with Crippen molar-refractivity contribution in [3.63, 3.8) is 0 Å². The number of aliphatic hydroxyl groups is 1. The number of nitrogens with one attached hydrogen (secondary N) is 1. The van der Waals surface area contributed by atoms with Gasteiger partial charge < -0.3 is 14.8 Å². The topological polar surface area (TPSA) is 75.4 Å². The van der Waals surface area contributed by atoms with E-state index in [1.165, 1.54) is 17.7 Å². The molecular formula is C17H16N2O3S. The van der Waals surface area contributed by atoms with Crippen LogP contribution in [0.5, 0.6) is 0 Å². The fraction of sp³-hybridized carbons (Fsp3) is 0.176. The van der Waals surface area contributed by atoms with E-state index in [4.69, 9.17) is 4.42 Å². The molecule has 2 N–H and O–H groups in total. The summed E-state index contributed by atoms with van der Waals surface area (Å²) in [4.78, 5) is 17.5. The van der Waals surface area contributed by atoms with E-state index in [0.717, 1.165) is 10.4 Å². The lowest BCUT2D eigenvalue weighted by molar-refractivity contribution is 0.0926. The van der Waals surface area contributed by atoms with Crippen molar-refractivity contribution >= 4 is 17.2 Å². The third kappa shape index (κ3) is 3.49. The van der Waals surface area contributed by atoms with Gasteiger partial charge in [-0.3, -0.25) is 4.79 Å². The third-order valence-electron chi connectivity index (χ3n) is 3.45. The number of aromatic nitrogens is 1. The van der Waals surface area contributed by atoms with Gasteiger partial charge in [0.05, 0.1) is 10.9 Å². The summed E-state index contributed by atoms with van der Waals surface area (Å²) in [5.41, 5.74) is 1.20. The third-order valence-corrected chi connectivity index (χ3v) is 4.32. The van der Waals surface area contributed by atoms with E-state index in [1.54, 1.807) is 0 Å². The van der Waals surface area contributed by atoms with Gasteiger partial charge in [-0.05, 0) is 23.4 Å². The second-order valence-corrected chi connectivity index (χ2v) is 5.90. The van der Waals surface area contributed by atoms with Gasteiger partial charge in [0.2, 0.25) is 0 Å². The molecule has 1 aromatic carbocycles. The molecule has 0 aliphatic heterocycles. The Bertz CT molecular complexity index is 753. The number of carbonyl (C=O) groups excluding carboxylic acids is 1. The summed E-state index contributed by atoms with van der Waals surface area (Å²) >= 11 is 1.48. The number of amides is 1. The maximum Gasteiger partial charge on any atom is 0.274 e. The lowest BCUT2D eigenvalue weighted by Gasteiger charge is -2.17. The maximum absolute atomic E-state index is 12.6. The molecule has 0 bridgehead atoms. The Balaban J connectivity index is 1.82. The van der Waals surface area contributed by atoms with Crippen molar-refractivity contribution in [2.75, 3.05) is 6.61 Å². The van der Waals surface area contributed by atoms with E-state index >= 15 is 0 Å².